The molecule has 0 radical (unpaired) electrons. The van der Waals surface area contributed by atoms with E-state index < -0.39 is 11.6 Å². The Kier molecular flexibility index (Phi) is 7.71. The van der Waals surface area contributed by atoms with E-state index in [2.05, 4.69) is 25.6 Å². The predicted molar refractivity (Wildman–Crippen MR) is 148 cm³/mol. The summed E-state index contributed by atoms with van der Waals surface area (Å²) in [7, 11) is 1.50. The van der Waals surface area contributed by atoms with E-state index in [0.717, 1.165) is 38.4 Å². The number of nitrogens with two attached hydrogens (primary N) is 1. The van der Waals surface area contributed by atoms with Gasteiger partial charge in [0.25, 0.3) is 0 Å². The van der Waals surface area contributed by atoms with Gasteiger partial charge in [0.15, 0.2) is 17.4 Å². The van der Waals surface area contributed by atoms with Crippen LogP contribution in [0.25, 0.3) is 21.3 Å². The Labute approximate surface area is 226 Å². The SMILES string of the molecule is COc1cnc(NCc2ccc(-c3ccc4ncnc(N)c4c3)s2)c(C(=O)CNCc2ccc(F)c(F)c2)c1. The molecule has 0 saturated heterocycles. The number of halogens is 2. The van der Waals surface area contributed by atoms with Gasteiger partial charge in [0.2, 0.25) is 0 Å². The Morgan fingerprint density at radius 3 is 2.69 bits per heavy atom. The summed E-state index contributed by atoms with van der Waals surface area (Å²) in [6.45, 7) is 0.624. The number of anilines is 2. The second-order valence-corrected chi connectivity index (χ2v) is 9.83. The van der Waals surface area contributed by atoms with Crippen LogP contribution in [0.15, 0.2) is 67.1 Å². The molecule has 2 aromatic carbocycles. The van der Waals surface area contributed by atoms with Crippen molar-refractivity contribution in [3.8, 4) is 16.2 Å². The number of nitrogen functional groups attached to an aromatic ring is 1. The molecule has 0 aliphatic rings. The maximum absolute atomic E-state index is 13.5. The van der Waals surface area contributed by atoms with E-state index in [9.17, 15) is 13.6 Å². The number of benzene rings is 2. The lowest BCUT2D eigenvalue weighted by molar-refractivity contribution is 0.0991. The van der Waals surface area contributed by atoms with Crippen LogP contribution in [0.2, 0.25) is 0 Å². The van der Waals surface area contributed by atoms with E-state index in [1.54, 1.807) is 17.4 Å². The first kappa shape index (κ1) is 26.1. The van der Waals surface area contributed by atoms with E-state index in [-0.39, 0.29) is 18.9 Å². The molecule has 0 amide bonds. The van der Waals surface area contributed by atoms with Crippen molar-refractivity contribution in [2.75, 3.05) is 24.7 Å². The number of rotatable bonds is 10. The van der Waals surface area contributed by atoms with Gasteiger partial charge >= 0.3 is 0 Å². The quantitative estimate of drug-likeness (QED) is 0.205. The minimum atomic E-state index is -0.931. The molecule has 0 saturated carbocycles. The standard InChI is InChI=1S/C28H24F2N6O2S/c1-38-18-10-21(25(37)14-32-11-16-2-5-22(29)23(30)8-16)28(33-12-18)34-13-19-4-7-26(39-19)17-3-6-24-20(9-17)27(31)36-15-35-24/h2-10,12,15,32H,11,13-14H2,1H3,(H,33,34)(H2,31,35,36). The molecular formula is C28H24F2N6O2S. The zero-order valence-corrected chi connectivity index (χ0v) is 21.7. The van der Waals surface area contributed by atoms with Crippen molar-refractivity contribution >= 4 is 39.7 Å². The van der Waals surface area contributed by atoms with Crippen molar-refractivity contribution < 1.29 is 18.3 Å². The zero-order chi connectivity index (χ0) is 27.4. The number of carbonyl (C=O) groups is 1. The minimum Gasteiger partial charge on any atom is -0.495 e. The highest BCUT2D eigenvalue weighted by Gasteiger charge is 2.15. The number of ether oxygens (including phenoxy) is 1. The number of hydrogen-bond acceptors (Lipinski definition) is 9. The summed E-state index contributed by atoms with van der Waals surface area (Å²) < 4.78 is 31.9. The Morgan fingerprint density at radius 2 is 1.87 bits per heavy atom. The second kappa shape index (κ2) is 11.5. The summed E-state index contributed by atoms with van der Waals surface area (Å²) in [6.07, 6.45) is 2.98. The maximum atomic E-state index is 13.5. The van der Waals surface area contributed by atoms with Gasteiger partial charge in [-0.3, -0.25) is 4.79 Å². The lowest BCUT2D eigenvalue weighted by atomic mass is 10.1. The normalized spacial score (nSPS) is 11.1. The molecule has 3 heterocycles. The van der Waals surface area contributed by atoms with Crippen LogP contribution in [0, 0.1) is 11.6 Å². The summed E-state index contributed by atoms with van der Waals surface area (Å²) in [5.41, 5.74) is 8.69. The van der Waals surface area contributed by atoms with Gasteiger partial charge in [0, 0.05) is 21.7 Å². The molecule has 0 aliphatic carbocycles. The van der Waals surface area contributed by atoms with E-state index >= 15 is 0 Å². The van der Waals surface area contributed by atoms with E-state index in [1.165, 1.54) is 25.7 Å². The number of nitrogens with zero attached hydrogens (tertiary/aromatic N) is 3. The molecular weight excluding hydrogens is 522 g/mol. The van der Waals surface area contributed by atoms with Crippen LogP contribution in [-0.2, 0) is 13.1 Å². The summed E-state index contributed by atoms with van der Waals surface area (Å²) >= 11 is 1.60. The highest BCUT2D eigenvalue weighted by atomic mass is 32.1. The highest BCUT2D eigenvalue weighted by Crippen LogP contribution is 2.32. The molecule has 39 heavy (non-hydrogen) atoms. The predicted octanol–water partition coefficient (Wildman–Crippen LogP) is 5.21. The maximum Gasteiger partial charge on any atom is 0.180 e. The van der Waals surface area contributed by atoms with Crippen LogP contribution in [0.5, 0.6) is 5.75 Å². The van der Waals surface area contributed by atoms with Crippen molar-refractivity contribution in [3.63, 3.8) is 0 Å². The molecule has 0 spiro atoms. The fraction of sp³-hybridized carbons (Fsp3) is 0.143. The van der Waals surface area contributed by atoms with Gasteiger partial charge < -0.3 is 21.1 Å². The number of fused-ring (bicyclic) bond motifs is 1. The summed E-state index contributed by atoms with van der Waals surface area (Å²) in [5.74, 6) is -0.776. The van der Waals surface area contributed by atoms with Crippen molar-refractivity contribution in [2.24, 2.45) is 0 Å². The highest BCUT2D eigenvalue weighted by molar-refractivity contribution is 7.15. The molecule has 4 N–H and O–H groups in total. The smallest absolute Gasteiger partial charge is 0.180 e. The number of aromatic nitrogens is 3. The molecule has 0 atom stereocenters. The molecule has 198 valence electrons. The Bertz CT molecular complexity index is 1660. The summed E-state index contributed by atoms with van der Waals surface area (Å²) in [6, 6.07) is 15.2. The minimum absolute atomic E-state index is 0.0273. The summed E-state index contributed by atoms with van der Waals surface area (Å²) in [4.78, 5) is 27.8. The average molecular weight is 547 g/mol. The van der Waals surface area contributed by atoms with Gasteiger partial charge in [0.05, 0.1) is 37.5 Å². The Hall–Kier alpha value is -4.48. The number of carbonyl (C=O) groups excluding carboxylic acids is 1. The molecule has 0 aliphatic heterocycles. The van der Waals surface area contributed by atoms with Crippen LogP contribution in [0.4, 0.5) is 20.4 Å². The fourth-order valence-corrected chi connectivity index (χ4v) is 4.95. The number of ketones is 1. The third kappa shape index (κ3) is 6.00. The van der Waals surface area contributed by atoms with E-state index in [0.29, 0.717) is 35.1 Å². The number of nitrogens with one attached hydrogen (secondary N) is 2. The van der Waals surface area contributed by atoms with Gasteiger partial charge in [-0.25, -0.2) is 23.7 Å². The first-order valence-electron chi connectivity index (χ1n) is 12.0. The molecule has 0 bridgehead atoms. The lowest BCUT2D eigenvalue weighted by Gasteiger charge is -2.12. The number of pyridine rings is 1. The zero-order valence-electron chi connectivity index (χ0n) is 20.9. The van der Waals surface area contributed by atoms with Gasteiger partial charge in [-0.05, 0) is 53.6 Å². The monoisotopic (exact) mass is 546 g/mol. The number of methoxy groups -OCH3 is 1. The van der Waals surface area contributed by atoms with Crippen LogP contribution >= 0.6 is 11.3 Å². The Morgan fingerprint density at radius 1 is 1.00 bits per heavy atom. The van der Waals surface area contributed by atoms with Crippen LogP contribution in [0.1, 0.15) is 20.8 Å². The van der Waals surface area contributed by atoms with Gasteiger partial charge in [0.1, 0.15) is 23.7 Å². The molecule has 8 nitrogen and oxygen atoms in total. The molecule has 11 heteroatoms. The average Bonchev–Trinajstić information content (AvgIpc) is 3.43. The van der Waals surface area contributed by atoms with Crippen molar-refractivity contribution in [1.82, 2.24) is 20.3 Å². The van der Waals surface area contributed by atoms with Crippen molar-refractivity contribution in [1.29, 1.82) is 0 Å². The van der Waals surface area contributed by atoms with Crippen molar-refractivity contribution in [2.45, 2.75) is 13.1 Å². The van der Waals surface area contributed by atoms with Gasteiger partial charge in [-0.15, -0.1) is 11.3 Å². The molecule has 5 aromatic rings. The first-order chi connectivity index (χ1) is 18.9. The number of hydrogen-bond donors (Lipinski definition) is 3. The summed E-state index contributed by atoms with van der Waals surface area (Å²) in [5, 5.41) is 7.02. The van der Waals surface area contributed by atoms with Gasteiger partial charge in [-0.2, -0.15) is 0 Å². The third-order valence-corrected chi connectivity index (χ3v) is 7.17. The van der Waals surface area contributed by atoms with E-state index in [1.807, 2.05) is 30.3 Å². The van der Waals surface area contributed by atoms with Crippen LogP contribution in [0.3, 0.4) is 0 Å². The Balaban J connectivity index is 1.27. The number of Topliss-reactive ketones (excluding diaryl/α,β-unsaturated/α-hetero) is 1. The van der Waals surface area contributed by atoms with E-state index in [4.69, 9.17) is 10.5 Å². The topological polar surface area (TPSA) is 115 Å². The number of thiophene rings is 1. The fourth-order valence-electron chi connectivity index (χ4n) is 4.00. The van der Waals surface area contributed by atoms with Crippen molar-refractivity contribution in [3.05, 3.63) is 94.8 Å². The molecule has 5 rings (SSSR count). The molecule has 0 fully saturated rings. The van der Waals surface area contributed by atoms with Crippen LogP contribution < -0.4 is 21.1 Å². The second-order valence-electron chi connectivity index (χ2n) is 8.66. The van der Waals surface area contributed by atoms with Gasteiger partial charge in [-0.1, -0.05) is 12.1 Å². The first-order valence-corrected chi connectivity index (χ1v) is 12.8. The van der Waals surface area contributed by atoms with Crippen LogP contribution in [-0.4, -0.2) is 34.4 Å². The largest absolute Gasteiger partial charge is 0.495 e. The molecule has 3 aromatic heterocycles. The molecule has 0 unspecified atom stereocenters. The lowest BCUT2D eigenvalue weighted by Crippen LogP contribution is -2.24. The third-order valence-electron chi connectivity index (χ3n) is 6.04.